The highest BCUT2D eigenvalue weighted by Crippen LogP contribution is 2.38. The molecule has 1 saturated carbocycles. The first-order valence-electron chi connectivity index (χ1n) is 7.16. The van der Waals surface area contributed by atoms with Gasteiger partial charge < -0.3 is 16.0 Å². The Morgan fingerprint density at radius 2 is 2.14 bits per heavy atom. The zero-order chi connectivity index (χ0) is 15.1. The minimum Gasteiger partial charge on any atom is -0.402 e. The second kappa shape index (κ2) is 5.40. The van der Waals surface area contributed by atoms with E-state index in [0.29, 0.717) is 17.2 Å². The van der Waals surface area contributed by atoms with Crippen LogP contribution in [0.3, 0.4) is 0 Å². The van der Waals surface area contributed by atoms with E-state index >= 15 is 0 Å². The van der Waals surface area contributed by atoms with E-state index in [-0.39, 0.29) is 6.04 Å². The summed E-state index contributed by atoms with van der Waals surface area (Å²) >= 11 is -2.06. The summed E-state index contributed by atoms with van der Waals surface area (Å²) in [5.74, 6) is 0.415. The molecule has 1 aromatic carbocycles. The summed E-state index contributed by atoms with van der Waals surface area (Å²) in [6.07, 6.45) is 7.13. The van der Waals surface area contributed by atoms with Crippen molar-refractivity contribution in [3.05, 3.63) is 40.6 Å². The lowest BCUT2D eigenvalue weighted by molar-refractivity contribution is 0.563. The molecular formula is C16H20N2O2S. The highest BCUT2D eigenvalue weighted by Gasteiger charge is 2.28. The predicted octanol–water partition coefficient (Wildman–Crippen LogP) is 2.05. The fraction of sp³-hybridized carbons (Fsp3) is 0.375. The summed E-state index contributed by atoms with van der Waals surface area (Å²) in [7, 11) is 0. The topological polar surface area (TPSA) is 89.3 Å². The Labute approximate surface area is 127 Å². The molecule has 0 saturated heterocycles. The van der Waals surface area contributed by atoms with E-state index in [1.165, 1.54) is 0 Å². The van der Waals surface area contributed by atoms with E-state index in [1.54, 1.807) is 6.08 Å². The first kappa shape index (κ1) is 14.5. The van der Waals surface area contributed by atoms with Crippen LogP contribution in [0.25, 0.3) is 12.2 Å². The molecule has 2 aliphatic rings. The van der Waals surface area contributed by atoms with Gasteiger partial charge in [0.05, 0.1) is 4.90 Å². The lowest BCUT2D eigenvalue weighted by atomic mass is 9.98. The minimum absolute atomic E-state index is 0.0139. The van der Waals surface area contributed by atoms with Gasteiger partial charge in [0.15, 0.2) is 11.1 Å². The molecule has 0 spiro atoms. The van der Waals surface area contributed by atoms with E-state index < -0.39 is 11.1 Å². The van der Waals surface area contributed by atoms with E-state index in [4.69, 9.17) is 11.5 Å². The number of nitrogens with two attached hydrogens (primary N) is 2. The Hall–Kier alpha value is -1.43. The van der Waals surface area contributed by atoms with Crippen molar-refractivity contribution in [3.8, 4) is 0 Å². The molecule has 0 heterocycles. The Morgan fingerprint density at radius 3 is 2.71 bits per heavy atom. The Morgan fingerprint density at radius 1 is 1.43 bits per heavy atom. The van der Waals surface area contributed by atoms with Crippen LogP contribution in [0.2, 0.25) is 0 Å². The molecule has 4 nitrogen and oxygen atoms in total. The fourth-order valence-corrected chi connectivity index (χ4v) is 3.82. The molecule has 0 radical (unpaired) electrons. The molecule has 1 aromatic rings. The van der Waals surface area contributed by atoms with Gasteiger partial charge in [0, 0.05) is 17.3 Å². The average molecular weight is 304 g/mol. The van der Waals surface area contributed by atoms with Crippen LogP contribution in [0.5, 0.6) is 0 Å². The fourth-order valence-electron chi connectivity index (χ4n) is 3.03. The lowest BCUT2D eigenvalue weighted by Crippen LogP contribution is -2.19. The molecule has 1 fully saturated rings. The van der Waals surface area contributed by atoms with Gasteiger partial charge >= 0.3 is 0 Å². The van der Waals surface area contributed by atoms with Gasteiger partial charge in [-0.1, -0.05) is 18.7 Å². The standard InChI is InChI=1S/C16H20N2O2S/c1-2-9-5-11-6-12(17)7-13(11)16(21(19)20)14(9)8-15(18)10-3-4-10/h2,5,8,10,12H,1,3-4,6-7,17-18H2,(H,19,20)/b15-8-/t12-/m1/s1. The maximum atomic E-state index is 11.9. The van der Waals surface area contributed by atoms with Crippen LogP contribution in [-0.2, 0) is 23.9 Å². The van der Waals surface area contributed by atoms with Gasteiger partial charge in [0.1, 0.15) is 0 Å². The van der Waals surface area contributed by atoms with Gasteiger partial charge in [0.25, 0.3) is 0 Å². The number of hydrogen-bond acceptors (Lipinski definition) is 3. The Kier molecular flexibility index (Phi) is 3.73. The maximum Gasteiger partial charge on any atom is 0.187 e. The largest absolute Gasteiger partial charge is 0.402 e. The van der Waals surface area contributed by atoms with Gasteiger partial charge in [0.2, 0.25) is 0 Å². The molecule has 5 heteroatoms. The summed E-state index contributed by atoms with van der Waals surface area (Å²) in [6, 6.07) is 2.04. The van der Waals surface area contributed by atoms with E-state index in [1.807, 2.05) is 12.1 Å². The van der Waals surface area contributed by atoms with Gasteiger partial charge in [-0.3, -0.25) is 0 Å². The predicted molar refractivity (Wildman–Crippen MR) is 85.8 cm³/mol. The molecule has 5 N–H and O–H groups in total. The SMILES string of the molecule is C=Cc1cc2c(c(S(=O)O)c1/C=C(\N)C1CC1)C[C@H](N)C2. The third-order valence-corrected chi connectivity index (χ3v) is 5.07. The van der Waals surface area contributed by atoms with Gasteiger partial charge in [-0.05, 0) is 54.4 Å². The highest BCUT2D eigenvalue weighted by molar-refractivity contribution is 7.79. The second-order valence-corrected chi connectivity index (χ2v) is 6.79. The quantitative estimate of drug-likeness (QED) is 0.743. The smallest absolute Gasteiger partial charge is 0.187 e. The number of rotatable bonds is 4. The zero-order valence-corrected chi connectivity index (χ0v) is 12.7. The van der Waals surface area contributed by atoms with Crippen molar-refractivity contribution in [3.63, 3.8) is 0 Å². The average Bonchev–Trinajstić information content (AvgIpc) is 3.20. The van der Waals surface area contributed by atoms with Crippen molar-refractivity contribution in [1.29, 1.82) is 0 Å². The van der Waals surface area contributed by atoms with Crippen molar-refractivity contribution in [2.24, 2.45) is 17.4 Å². The van der Waals surface area contributed by atoms with Gasteiger partial charge in [-0.2, -0.15) is 0 Å². The summed E-state index contributed by atoms with van der Waals surface area (Å²) in [4.78, 5) is 0.457. The van der Waals surface area contributed by atoms with Crippen LogP contribution in [0, 0.1) is 5.92 Å². The maximum absolute atomic E-state index is 11.9. The molecule has 2 aliphatic carbocycles. The van der Waals surface area contributed by atoms with Crippen molar-refractivity contribution in [1.82, 2.24) is 0 Å². The molecule has 0 aliphatic heterocycles. The van der Waals surface area contributed by atoms with Crippen molar-refractivity contribution in [2.45, 2.75) is 36.6 Å². The van der Waals surface area contributed by atoms with E-state index in [2.05, 4.69) is 6.58 Å². The molecule has 21 heavy (non-hydrogen) atoms. The van der Waals surface area contributed by atoms with Crippen molar-refractivity contribution >= 4 is 23.2 Å². The monoisotopic (exact) mass is 304 g/mol. The van der Waals surface area contributed by atoms with Gasteiger partial charge in [-0.15, -0.1) is 0 Å². The Balaban J connectivity index is 2.21. The normalized spacial score (nSPS) is 23.0. The molecule has 0 bridgehead atoms. The van der Waals surface area contributed by atoms with E-state index in [0.717, 1.165) is 47.2 Å². The summed E-state index contributed by atoms with van der Waals surface area (Å²) in [6.45, 7) is 3.82. The minimum atomic E-state index is -2.06. The zero-order valence-electron chi connectivity index (χ0n) is 11.8. The van der Waals surface area contributed by atoms with Crippen LogP contribution < -0.4 is 11.5 Å². The number of hydrogen-bond donors (Lipinski definition) is 3. The van der Waals surface area contributed by atoms with Crippen LogP contribution in [0.1, 0.15) is 35.1 Å². The number of benzene rings is 1. The van der Waals surface area contributed by atoms with Crippen LogP contribution in [0.4, 0.5) is 0 Å². The summed E-state index contributed by atoms with van der Waals surface area (Å²) < 4.78 is 21.7. The third kappa shape index (κ3) is 2.69. The van der Waals surface area contributed by atoms with Crippen molar-refractivity contribution < 1.29 is 8.76 Å². The van der Waals surface area contributed by atoms with Crippen molar-refractivity contribution in [2.75, 3.05) is 0 Å². The van der Waals surface area contributed by atoms with Crippen LogP contribution >= 0.6 is 0 Å². The molecule has 2 atom stereocenters. The lowest BCUT2D eigenvalue weighted by Gasteiger charge is -2.13. The summed E-state index contributed by atoms with van der Waals surface area (Å²) in [5.41, 5.74) is 16.4. The first-order valence-corrected chi connectivity index (χ1v) is 8.26. The third-order valence-electron chi connectivity index (χ3n) is 4.25. The molecular weight excluding hydrogens is 284 g/mol. The van der Waals surface area contributed by atoms with Gasteiger partial charge in [-0.25, -0.2) is 4.21 Å². The second-order valence-electron chi connectivity index (χ2n) is 5.89. The van der Waals surface area contributed by atoms with E-state index in [9.17, 15) is 8.76 Å². The number of allylic oxidation sites excluding steroid dienone is 1. The summed E-state index contributed by atoms with van der Waals surface area (Å²) in [5, 5.41) is 0. The highest BCUT2D eigenvalue weighted by atomic mass is 32.2. The molecule has 1 unspecified atom stereocenters. The molecule has 0 amide bonds. The first-order chi connectivity index (χ1) is 10.0. The van der Waals surface area contributed by atoms with Crippen LogP contribution in [0.15, 0.2) is 23.2 Å². The molecule has 112 valence electrons. The molecule has 3 rings (SSSR count). The molecule has 0 aromatic heterocycles. The Bertz CT molecular complexity index is 663. The number of fused-ring (bicyclic) bond motifs is 1. The van der Waals surface area contributed by atoms with Crippen LogP contribution in [-0.4, -0.2) is 14.8 Å².